The Morgan fingerprint density at radius 1 is 0.889 bits per heavy atom. The Kier molecular flexibility index (Phi) is 6.65. The number of carbonyl (C=O) groups is 1. The van der Waals surface area contributed by atoms with Crippen LogP contribution in [-0.2, 0) is 11.3 Å². The minimum absolute atomic E-state index is 0.185. The number of rotatable bonds is 6. The van der Waals surface area contributed by atoms with Crippen molar-refractivity contribution >= 4 is 5.97 Å². The molecule has 0 unspecified atom stereocenters. The summed E-state index contributed by atoms with van der Waals surface area (Å²) in [4.78, 5) is 14.6. The van der Waals surface area contributed by atoms with Crippen LogP contribution >= 0.6 is 0 Å². The lowest BCUT2D eigenvalue weighted by Crippen LogP contribution is -2.27. The number of carbonyl (C=O) groups excluding carboxylic acids is 1. The number of fused-ring (bicyclic) bond motifs is 1. The van der Waals surface area contributed by atoms with Crippen LogP contribution in [0.3, 0.4) is 0 Å². The monoisotopic (exact) mass is 476 g/mol. The third kappa shape index (κ3) is 5.22. The van der Waals surface area contributed by atoms with Gasteiger partial charge in [-0.25, -0.2) is 4.79 Å². The predicted molar refractivity (Wildman–Crippen MR) is 136 cm³/mol. The van der Waals surface area contributed by atoms with Crippen molar-refractivity contribution in [1.82, 2.24) is 4.90 Å². The van der Waals surface area contributed by atoms with Crippen LogP contribution in [0, 0.1) is 11.3 Å². The van der Waals surface area contributed by atoms with Crippen LogP contribution in [0.5, 0.6) is 11.5 Å². The van der Waals surface area contributed by atoms with E-state index in [1.807, 2.05) is 67.7 Å². The molecule has 0 N–H and O–H groups in total. The largest absolute Gasteiger partial charge is 0.478 e. The van der Waals surface area contributed by atoms with E-state index in [4.69, 9.17) is 19.5 Å². The van der Waals surface area contributed by atoms with Gasteiger partial charge in [-0.05, 0) is 77.8 Å². The van der Waals surface area contributed by atoms with Crippen LogP contribution in [0.4, 0.5) is 0 Å². The summed E-state index contributed by atoms with van der Waals surface area (Å²) in [7, 11) is 2.02. The molecule has 178 valence electrons. The molecule has 1 aliphatic rings. The van der Waals surface area contributed by atoms with E-state index in [1.165, 1.54) is 0 Å². The molecule has 6 heteroatoms. The van der Waals surface area contributed by atoms with Gasteiger partial charge in [0.25, 0.3) is 0 Å². The van der Waals surface area contributed by atoms with Gasteiger partial charge in [-0.15, -0.1) is 0 Å². The second-order valence-corrected chi connectivity index (χ2v) is 8.59. The highest BCUT2D eigenvalue weighted by Gasteiger charge is 2.15. The lowest BCUT2D eigenvalue weighted by atomic mass is 10.0. The lowest BCUT2D eigenvalue weighted by Gasteiger charge is -2.25. The van der Waals surface area contributed by atoms with E-state index in [1.54, 1.807) is 24.3 Å². The number of ether oxygens (including phenoxy) is 3. The van der Waals surface area contributed by atoms with Crippen molar-refractivity contribution in [3.8, 4) is 39.8 Å². The second-order valence-electron chi connectivity index (χ2n) is 8.59. The van der Waals surface area contributed by atoms with Gasteiger partial charge in [0.05, 0.1) is 17.2 Å². The van der Waals surface area contributed by atoms with Gasteiger partial charge in [-0.3, -0.25) is 4.90 Å². The SMILES string of the molecule is CN1COc2ccc(-c3ccc(C(=O)OCOc4ccc(-c5ccc(C#N)cc5)cc4)cc3)cc2C1. The van der Waals surface area contributed by atoms with Crippen molar-refractivity contribution in [1.29, 1.82) is 5.26 Å². The molecule has 4 aromatic carbocycles. The van der Waals surface area contributed by atoms with E-state index in [-0.39, 0.29) is 6.79 Å². The maximum atomic E-state index is 12.5. The van der Waals surface area contributed by atoms with Gasteiger partial charge in [0.1, 0.15) is 18.2 Å². The molecule has 0 amide bonds. The normalized spacial score (nSPS) is 12.7. The Morgan fingerprint density at radius 3 is 2.19 bits per heavy atom. The number of hydrogen-bond acceptors (Lipinski definition) is 6. The molecule has 4 aromatic rings. The molecule has 0 radical (unpaired) electrons. The minimum Gasteiger partial charge on any atom is -0.478 e. The molecule has 36 heavy (non-hydrogen) atoms. The molecule has 5 rings (SSSR count). The molecular weight excluding hydrogens is 452 g/mol. The van der Waals surface area contributed by atoms with Crippen molar-refractivity contribution < 1.29 is 19.0 Å². The third-order valence-corrected chi connectivity index (χ3v) is 6.01. The van der Waals surface area contributed by atoms with Crippen LogP contribution in [0.25, 0.3) is 22.3 Å². The Labute approximate surface area is 209 Å². The van der Waals surface area contributed by atoms with Crippen molar-refractivity contribution in [2.24, 2.45) is 0 Å². The van der Waals surface area contributed by atoms with Gasteiger partial charge in [0.15, 0.2) is 0 Å². The van der Waals surface area contributed by atoms with E-state index < -0.39 is 5.97 Å². The smallest absolute Gasteiger partial charge is 0.340 e. The van der Waals surface area contributed by atoms with E-state index in [0.717, 1.165) is 40.1 Å². The Bertz CT molecular complexity index is 1410. The number of esters is 1. The summed E-state index contributed by atoms with van der Waals surface area (Å²) < 4.78 is 16.6. The van der Waals surface area contributed by atoms with E-state index in [0.29, 0.717) is 23.6 Å². The summed E-state index contributed by atoms with van der Waals surface area (Å²) in [6.07, 6.45) is 0. The quantitative estimate of drug-likeness (QED) is 0.256. The summed E-state index contributed by atoms with van der Waals surface area (Å²) in [5.74, 6) is 1.06. The Morgan fingerprint density at radius 2 is 1.50 bits per heavy atom. The molecule has 0 saturated carbocycles. The molecule has 0 aliphatic carbocycles. The zero-order chi connectivity index (χ0) is 24.9. The molecule has 0 aromatic heterocycles. The fraction of sp³-hybridized carbons (Fsp3) is 0.133. The Hall–Kier alpha value is -4.60. The first-order valence-corrected chi connectivity index (χ1v) is 11.5. The molecule has 6 nitrogen and oxygen atoms in total. The molecule has 0 spiro atoms. The van der Waals surface area contributed by atoms with E-state index in [2.05, 4.69) is 17.0 Å². The summed E-state index contributed by atoms with van der Waals surface area (Å²) in [6, 6.07) is 30.4. The van der Waals surface area contributed by atoms with Crippen molar-refractivity contribution in [3.05, 3.63) is 108 Å². The maximum Gasteiger partial charge on any atom is 0.340 e. The number of nitriles is 1. The van der Waals surface area contributed by atoms with Gasteiger partial charge in [0.2, 0.25) is 6.79 Å². The standard InChI is InChI=1S/C30H24N2O4/c1-32-18-27-16-26(12-15-29(27)34-19-32)24-6-8-25(9-7-24)30(33)36-20-35-28-13-10-23(11-14-28)22-4-2-21(17-31)3-5-22/h2-16H,18-20H2,1H3. The topological polar surface area (TPSA) is 71.8 Å². The summed E-state index contributed by atoms with van der Waals surface area (Å²) in [6.45, 7) is 1.25. The van der Waals surface area contributed by atoms with E-state index >= 15 is 0 Å². The number of benzene rings is 4. The Balaban J connectivity index is 1.15. The number of nitrogens with zero attached hydrogens (tertiary/aromatic N) is 2. The lowest BCUT2D eigenvalue weighted by molar-refractivity contribution is 0.0154. The molecule has 0 atom stereocenters. The summed E-state index contributed by atoms with van der Waals surface area (Å²) in [5.41, 5.74) is 6.32. The number of hydrogen-bond donors (Lipinski definition) is 0. The van der Waals surface area contributed by atoms with Crippen LogP contribution < -0.4 is 9.47 Å². The molecule has 1 aliphatic heterocycles. The van der Waals surface area contributed by atoms with Gasteiger partial charge < -0.3 is 14.2 Å². The first-order chi connectivity index (χ1) is 17.6. The van der Waals surface area contributed by atoms with Crippen LogP contribution in [-0.4, -0.2) is 31.4 Å². The fourth-order valence-electron chi connectivity index (χ4n) is 4.05. The third-order valence-electron chi connectivity index (χ3n) is 6.01. The van der Waals surface area contributed by atoms with Gasteiger partial charge in [-0.1, -0.05) is 42.5 Å². The predicted octanol–water partition coefficient (Wildman–Crippen LogP) is 5.87. The van der Waals surface area contributed by atoms with Crippen molar-refractivity contribution in [2.75, 3.05) is 20.6 Å². The van der Waals surface area contributed by atoms with E-state index in [9.17, 15) is 4.79 Å². The van der Waals surface area contributed by atoms with Gasteiger partial charge >= 0.3 is 5.97 Å². The van der Waals surface area contributed by atoms with Crippen molar-refractivity contribution in [2.45, 2.75) is 6.54 Å². The minimum atomic E-state index is -0.448. The molecule has 0 bridgehead atoms. The average molecular weight is 477 g/mol. The molecular formula is C30H24N2O4. The summed E-state index contributed by atoms with van der Waals surface area (Å²) >= 11 is 0. The average Bonchev–Trinajstić information content (AvgIpc) is 2.93. The van der Waals surface area contributed by atoms with Crippen LogP contribution in [0.1, 0.15) is 21.5 Å². The second kappa shape index (κ2) is 10.3. The zero-order valence-electron chi connectivity index (χ0n) is 19.8. The highest BCUT2D eigenvalue weighted by Crippen LogP contribution is 2.30. The van der Waals surface area contributed by atoms with Gasteiger partial charge in [-0.2, -0.15) is 5.26 Å². The highest BCUT2D eigenvalue weighted by atomic mass is 16.7. The molecule has 0 saturated heterocycles. The first kappa shape index (κ1) is 23.2. The highest BCUT2D eigenvalue weighted by molar-refractivity contribution is 5.90. The molecule has 1 heterocycles. The zero-order valence-corrected chi connectivity index (χ0v) is 19.8. The van der Waals surface area contributed by atoms with Gasteiger partial charge in [0, 0.05) is 12.1 Å². The summed E-state index contributed by atoms with van der Waals surface area (Å²) in [5, 5.41) is 8.92. The van der Waals surface area contributed by atoms with Crippen LogP contribution in [0.15, 0.2) is 91.0 Å². The van der Waals surface area contributed by atoms with Crippen LogP contribution in [0.2, 0.25) is 0 Å². The first-order valence-electron chi connectivity index (χ1n) is 11.5. The van der Waals surface area contributed by atoms with Crippen molar-refractivity contribution in [3.63, 3.8) is 0 Å². The maximum absolute atomic E-state index is 12.5. The molecule has 0 fully saturated rings. The fourth-order valence-corrected chi connectivity index (χ4v) is 4.05.